The fourth-order valence-corrected chi connectivity index (χ4v) is 3.27. The number of primary sulfonamides is 1. The molecule has 1 aliphatic carbocycles. The van der Waals surface area contributed by atoms with Crippen LogP contribution in [0.15, 0.2) is 35.4 Å². The number of alkyl halides is 3. The van der Waals surface area contributed by atoms with E-state index in [9.17, 15) is 26.7 Å². The average molecular weight is 418 g/mol. The molecule has 1 aromatic carbocycles. The van der Waals surface area contributed by atoms with Crippen LogP contribution < -0.4 is 15.2 Å². The Balaban J connectivity index is 1.86. The Morgan fingerprint density at radius 2 is 1.89 bits per heavy atom. The highest BCUT2D eigenvalue weighted by Gasteiger charge is 2.38. The normalized spacial score (nSPS) is 20.2. The van der Waals surface area contributed by atoms with Gasteiger partial charge in [0, 0.05) is 11.9 Å². The van der Waals surface area contributed by atoms with Crippen LogP contribution in [-0.4, -0.2) is 35.7 Å². The number of halogens is 3. The molecular weight excluding hydrogens is 401 g/mol. The summed E-state index contributed by atoms with van der Waals surface area (Å²) >= 11 is 0. The van der Waals surface area contributed by atoms with Crippen molar-refractivity contribution in [3.05, 3.63) is 36.0 Å². The molecule has 2 atom stereocenters. The third-order valence-corrected chi connectivity index (χ3v) is 5.11. The van der Waals surface area contributed by atoms with Crippen LogP contribution in [0, 0.1) is 0 Å². The van der Waals surface area contributed by atoms with Crippen molar-refractivity contribution < 1.29 is 31.4 Å². The van der Waals surface area contributed by atoms with E-state index in [0.29, 0.717) is 31.1 Å². The minimum Gasteiger partial charge on any atom is -0.471 e. The SMILES string of the molecule is NS(=O)(=O)c1ccc(Nc2ncc(C(F)(F)F)c(O[C@@H]3CCC[C@H]3O)n2)cc1. The summed E-state index contributed by atoms with van der Waals surface area (Å²) < 4.78 is 67.5. The average Bonchev–Trinajstić information content (AvgIpc) is 2.98. The largest absolute Gasteiger partial charge is 0.471 e. The Labute approximate surface area is 158 Å². The van der Waals surface area contributed by atoms with Crippen LogP contribution in [-0.2, 0) is 16.2 Å². The number of aliphatic hydroxyl groups is 1. The third-order valence-electron chi connectivity index (χ3n) is 4.18. The van der Waals surface area contributed by atoms with Gasteiger partial charge >= 0.3 is 6.18 Å². The number of hydrogen-bond donors (Lipinski definition) is 3. The molecule has 1 saturated carbocycles. The van der Waals surface area contributed by atoms with Crippen LogP contribution in [0.3, 0.4) is 0 Å². The van der Waals surface area contributed by atoms with Gasteiger partial charge in [0.2, 0.25) is 21.9 Å². The van der Waals surface area contributed by atoms with Crippen molar-refractivity contribution in [1.29, 1.82) is 0 Å². The van der Waals surface area contributed by atoms with Crippen LogP contribution in [0.1, 0.15) is 24.8 Å². The number of ether oxygens (including phenoxy) is 1. The highest BCUT2D eigenvalue weighted by molar-refractivity contribution is 7.89. The molecule has 1 aliphatic rings. The van der Waals surface area contributed by atoms with Gasteiger partial charge in [-0.25, -0.2) is 18.5 Å². The van der Waals surface area contributed by atoms with Crippen molar-refractivity contribution in [2.24, 2.45) is 5.14 Å². The van der Waals surface area contributed by atoms with Crippen molar-refractivity contribution in [2.75, 3.05) is 5.32 Å². The van der Waals surface area contributed by atoms with E-state index in [1.807, 2.05) is 0 Å². The van der Waals surface area contributed by atoms with Crippen LogP contribution in [0.4, 0.5) is 24.8 Å². The van der Waals surface area contributed by atoms with Crippen molar-refractivity contribution in [3.63, 3.8) is 0 Å². The second-order valence-corrected chi connectivity index (χ2v) is 7.82. The number of benzene rings is 1. The van der Waals surface area contributed by atoms with Gasteiger partial charge in [0.15, 0.2) is 0 Å². The first-order chi connectivity index (χ1) is 13.0. The molecule has 4 N–H and O–H groups in total. The van der Waals surface area contributed by atoms with Gasteiger partial charge in [0.05, 0.1) is 11.0 Å². The fourth-order valence-electron chi connectivity index (χ4n) is 2.76. The molecule has 0 saturated heterocycles. The van der Waals surface area contributed by atoms with E-state index in [2.05, 4.69) is 15.3 Å². The number of anilines is 2. The second-order valence-electron chi connectivity index (χ2n) is 6.26. The standard InChI is InChI=1S/C16H17F3N4O4S/c17-16(18,19)11-8-21-15(23-14(11)27-13-3-1-2-12(13)24)22-9-4-6-10(7-5-9)28(20,25)26/h4-8,12-13,24H,1-3H2,(H2,20,25,26)(H,21,22,23)/t12-,13-/m1/s1. The molecule has 2 aromatic rings. The predicted octanol–water partition coefficient (Wildman–Crippen LogP) is 2.18. The molecule has 8 nitrogen and oxygen atoms in total. The number of nitrogens with one attached hydrogen (secondary N) is 1. The quantitative estimate of drug-likeness (QED) is 0.679. The molecule has 0 radical (unpaired) electrons. The molecule has 1 heterocycles. The Kier molecular flexibility index (Phi) is 5.46. The van der Waals surface area contributed by atoms with E-state index in [1.54, 1.807) is 0 Å². The van der Waals surface area contributed by atoms with E-state index >= 15 is 0 Å². The molecule has 1 aromatic heterocycles. The number of nitrogens with two attached hydrogens (primary N) is 1. The van der Waals surface area contributed by atoms with E-state index < -0.39 is 39.9 Å². The van der Waals surface area contributed by atoms with Gasteiger partial charge in [0.25, 0.3) is 0 Å². The first-order valence-electron chi connectivity index (χ1n) is 8.23. The van der Waals surface area contributed by atoms with Crippen molar-refractivity contribution in [2.45, 2.75) is 42.5 Å². The Morgan fingerprint density at radius 1 is 1.21 bits per heavy atom. The number of aromatic nitrogens is 2. The summed E-state index contributed by atoms with van der Waals surface area (Å²) in [6, 6.07) is 5.19. The highest BCUT2D eigenvalue weighted by Crippen LogP contribution is 2.37. The molecule has 0 bridgehead atoms. The van der Waals surface area contributed by atoms with Crippen molar-refractivity contribution >= 4 is 21.7 Å². The molecule has 1 fully saturated rings. The smallest absolute Gasteiger partial charge is 0.423 e. The van der Waals surface area contributed by atoms with Crippen molar-refractivity contribution in [1.82, 2.24) is 9.97 Å². The van der Waals surface area contributed by atoms with Crippen LogP contribution >= 0.6 is 0 Å². The number of sulfonamides is 1. The first kappa shape index (κ1) is 20.3. The lowest BCUT2D eigenvalue weighted by Gasteiger charge is -2.19. The lowest BCUT2D eigenvalue weighted by Crippen LogP contribution is -2.27. The van der Waals surface area contributed by atoms with Gasteiger partial charge in [-0.1, -0.05) is 0 Å². The predicted molar refractivity (Wildman–Crippen MR) is 92.4 cm³/mol. The Hall–Kier alpha value is -2.44. The lowest BCUT2D eigenvalue weighted by atomic mass is 10.2. The summed E-state index contributed by atoms with van der Waals surface area (Å²) in [7, 11) is -3.87. The molecule has 3 rings (SSSR count). The van der Waals surface area contributed by atoms with Gasteiger partial charge in [-0.05, 0) is 43.5 Å². The van der Waals surface area contributed by atoms with Crippen LogP contribution in [0.5, 0.6) is 5.88 Å². The summed E-state index contributed by atoms with van der Waals surface area (Å²) in [4.78, 5) is 7.30. The maximum absolute atomic E-state index is 13.2. The van der Waals surface area contributed by atoms with E-state index in [1.165, 1.54) is 24.3 Å². The zero-order valence-electron chi connectivity index (χ0n) is 14.3. The monoisotopic (exact) mass is 418 g/mol. The van der Waals surface area contributed by atoms with Gasteiger partial charge < -0.3 is 15.2 Å². The summed E-state index contributed by atoms with van der Waals surface area (Å²) in [5, 5.41) is 17.5. The van der Waals surface area contributed by atoms with Crippen LogP contribution in [0.25, 0.3) is 0 Å². The summed E-state index contributed by atoms with van der Waals surface area (Å²) in [5.74, 6) is -0.865. The first-order valence-corrected chi connectivity index (χ1v) is 9.77. The van der Waals surface area contributed by atoms with Crippen molar-refractivity contribution in [3.8, 4) is 5.88 Å². The number of nitrogens with zero attached hydrogens (tertiary/aromatic N) is 2. The van der Waals surface area contributed by atoms with E-state index in [-0.39, 0.29) is 10.8 Å². The van der Waals surface area contributed by atoms with Gasteiger partial charge in [0.1, 0.15) is 11.7 Å². The van der Waals surface area contributed by atoms with E-state index in [4.69, 9.17) is 9.88 Å². The van der Waals surface area contributed by atoms with Gasteiger partial charge in [-0.15, -0.1) is 0 Å². The van der Waals surface area contributed by atoms with E-state index in [0.717, 1.165) is 0 Å². The summed E-state index contributed by atoms with van der Waals surface area (Å²) in [6.07, 6.45) is -4.28. The fraction of sp³-hybridized carbons (Fsp3) is 0.375. The maximum Gasteiger partial charge on any atom is 0.423 e. The Morgan fingerprint density at radius 3 is 2.43 bits per heavy atom. The molecule has 12 heteroatoms. The number of rotatable bonds is 5. The maximum atomic E-state index is 13.2. The number of aliphatic hydroxyl groups excluding tert-OH is 1. The molecular formula is C16H17F3N4O4S. The molecule has 0 aliphatic heterocycles. The summed E-state index contributed by atoms with van der Waals surface area (Å²) in [5.41, 5.74) is -0.819. The Bertz CT molecular complexity index is 951. The van der Waals surface area contributed by atoms with Gasteiger partial charge in [-0.2, -0.15) is 18.2 Å². The second kappa shape index (κ2) is 7.53. The minimum atomic E-state index is -4.73. The van der Waals surface area contributed by atoms with Crippen LogP contribution in [0.2, 0.25) is 0 Å². The molecule has 0 spiro atoms. The third kappa shape index (κ3) is 4.69. The highest BCUT2D eigenvalue weighted by atomic mass is 32.2. The molecule has 0 unspecified atom stereocenters. The number of hydrogen-bond acceptors (Lipinski definition) is 7. The molecule has 28 heavy (non-hydrogen) atoms. The topological polar surface area (TPSA) is 127 Å². The molecule has 152 valence electrons. The molecule has 0 amide bonds. The zero-order valence-corrected chi connectivity index (χ0v) is 15.2. The lowest BCUT2D eigenvalue weighted by molar-refractivity contribution is -0.140. The van der Waals surface area contributed by atoms with Gasteiger partial charge in [-0.3, -0.25) is 0 Å². The zero-order chi connectivity index (χ0) is 20.5. The minimum absolute atomic E-state index is 0.120. The summed E-state index contributed by atoms with van der Waals surface area (Å²) in [6.45, 7) is 0.